The molecule has 1 N–H and O–H groups in total. The van der Waals surface area contributed by atoms with Gasteiger partial charge in [-0.15, -0.1) is 0 Å². The maximum Gasteiger partial charge on any atom is 0.276 e. The van der Waals surface area contributed by atoms with Gasteiger partial charge in [0.25, 0.3) is 5.69 Å². The van der Waals surface area contributed by atoms with Crippen molar-refractivity contribution >= 4 is 29.1 Å². The number of rotatable bonds is 3. The van der Waals surface area contributed by atoms with Crippen molar-refractivity contribution in [3.8, 4) is 0 Å². The van der Waals surface area contributed by atoms with Gasteiger partial charge in [0.2, 0.25) is 0 Å². The van der Waals surface area contributed by atoms with Crippen molar-refractivity contribution in [2.75, 3.05) is 29.6 Å². The van der Waals surface area contributed by atoms with Crippen LogP contribution in [0.4, 0.5) is 17.3 Å². The van der Waals surface area contributed by atoms with Gasteiger partial charge in [-0.2, -0.15) is 11.8 Å². The molecule has 1 fully saturated rings. The summed E-state index contributed by atoms with van der Waals surface area (Å²) in [5.41, 5.74) is 0.0763. The second-order valence-corrected chi connectivity index (χ2v) is 6.07. The quantitative estimate of drug-likeness (QED) is 0.678. The Balaban J connectivity index is 2.37. The van der Waals surface area contributed by atoms with E-state index in [1.807, 2.05) is 11.8 Å². The Bertz CT molecular complexity index is 483. The van der Waals surface area contributed by atoms with E-state index in [4.69, 9.17) is 0 Å². The van der Waals surface area contributed by atoms with Crippen LogP contribution < -0.4 is 10.2 Å². The largest absolute Gasteiger partial charge is 0.373 e. The van der Waals surface area contributed by atoms with Crippen molar-refractivity contribution in [2.24, 2.45) is 0 Å². The molecule has 0 aliphatic carbocycles. The van der Waals surface area contributed by atoms with Crippen molar-refractivity contribution in [2.45, 2.75) is 25.1 Å². The zero-order valence-electron chi connectivity index (χ0n) is 11.3. The average molecular weight is 282 g/mol. The maximum absolute atomic E-state index is 11.0. The Morgan fingerprint density at radius 2 is 2.26 bits per heavy atom. The molecular weight excluding hydrogens is 264 g/mol. The number of pyridine rings is 1. The Morgan fingerprint density at radius 3 is 2.89 bits per heavy atom. The van der Waals surface area contributed by atoms with Gasteiger partial charge in [0.05, 0.1) is 17.1 Å². The molecule has 2 atom stereocenters. The van der Waals surface area contributed by atoms with Crippen LogP contribution in [0.1, 0.15) is 13.8 Å². The summed E-state index contributed by atoms with van der Waals surface area (Å²) < 4.78 is 0. The monoisotopic (exact) mass is 282 g/mol. The van der Waals surface area contributed by atoms with Gasteiger partial charge in [-0.3, -0.25) is 10.1 Å². The molecule has 0 spiro atoms. The molecule has 0 bridgehead atoms. The van der Waals surface area contributed by atoms with Crippen LogP contribution in [0.3, 0.4) is 0 Å². The number of nitro groups is 1. The predicted molar refractivity (Wildman–Crippen MR) is 79.2 cm³/mol. The molecule has 7 heteroatoms. The Kier molecular flexibility index (Phi) is 4.14. The fourth-order valence-corrected chi connectivity index (χ4v) is 3.24. The summed E-state index contributed by atoms with van der Waals surface area (Å²) in [6.45, 7) is 5.18. The third-order valence-corrected chi connectivity index (χ3v) is 4.78. The number of nitrogens with one attached hydrogen (secondary N) is 1. The minimum Gasteiger partial charge on any atom is -0.373 e. The first-order valence-electron chi connectivity index (χ1n) is 6.25. The third-order valence-electron chi connectivity index (χ3n) is 3.44. The molecule has 1 aliphatic heterocycles. The molecule has 1 aromatic heterocycles. The second-order valence-electron chi connectivity index (χ2n) is 4.59. The van der Waals surface area contributed by atoms with Crippen LogP contribution in [0.5, 0.6) is 0 Å². The molecule has 0 aromatic carbocycles. The molecular formula is C12H18N4O2S. The molecule has 19 heavy (non-hydrogen) atoms. The van der Waals surface area contributed by atoms with E-state index in [9.17, 15) is 10.1 Å². The van der Waals surface area contributed by atoms with Gasteiger partial charge in [-0.25, -0.2) is 4.98 Å². The fourth-order valence-electron chi connectivity index (χ4n) is 2.14. The van der Waals surface area contributed by atoms with Crippen LogP contribution in [0, 0.1) is 10.1 Å². The van der Waals surface area contributed by atoms with E-state index in [-0.39, 0.29) is 10.6 Å². The minimum absolute atomic E-state index is 0.0763. The van der Waals surface area contributed by atoms with E-state index in [0.29, 0.717) is 22.9 Å². The predicted octanol–water partition coefficient (Wildman–Crippen LogP) is 2.36. The first-order valence-corrected chi connectivity index (χ1v) is 7.30. The van der Waals surface area contributed by atoms with Gasteiger partial charge in [0.15, 0.2) is 0 Å². The van der Waals surface area contributed by atoms with Crippen LogP contribution in [-0.2, 0) is 0 Å². The van der Waals surface area contributed by atoms with Gasteiger partial charge in [-0.05, 0) is 6.92 Å². The Labute approximate surface area is 116 Å². The Hall–Kier alpha value is -1.50. The highest BCUT2D eigenvalue weighted by atomic mass is 32.2. The van der Waals surface area contributed by atoms with E-state index in [0.717, 1.165) is 12.3 Å². The van der Waals surface area contributed by atoms with Crippen LogP contribution >= 0.6 is 11.8 Å². The first-order chi connectivity index (χ1) is 9.02. The topological polar surface area (TPSA) is 71.3 Å². The molecule has 1 aliphatic rings. The standard InChI is InChI=1S/C12H18N4O2S/c1-8-9(2)19-5-4-15(8)12-7-10(16(17)18)6-11(13-3)14-12/h6-9H,4-5H2,1-3H3,(H,13,14). The van der Waals surface area contributed by atoms with Crippen LogP contribution in [0.25, 0.3) is 0 Å². The zero-order chi connectivity index (χ0) is 14.0. The fraction of sp³-hybridized carbons (Fsp3) is 0.583. The van der Waals surface area contributed by atoms with Crippen molar-refractivity contribution < 1.29 is 4.92 Å². The zero-order valence-corrected chi connectivity index (χ0v) is 12.1. The summed E-state index contributed by atoms with van der Waals surface area (Å²) >= 11 is 1.93. The van der Waals surface area contributed by atoms with E-state index in [2.05, 4.69) is 29.0 Å². The van der Waals surface area contributed by atoms with E-state index < -0.39 is 0 Å². The third kappa shape index (κ3) is 2.91. The SMILES string of the molecule is CNc1cc([N+](=O)[O-])cc(N2CCSC(C)C2C)n1. The van der Waals surface area contributed by atoms with Crippen LogP contribution in [0.15, 0.2) is 12.1 Å². The van der Waals surface area contributed by atoms with Crippen molar-refractivity contribution in [1.82, 2.24) is 4.98 Å². The normalized spacial score (nSPS) is 23.2. The lowest BCUT2D eigenvalue weighted by Gasteiger charge is -2.38. The molecule has 2 unspecified atom stereocenters. The number of anilines is 2. The lowest BCUT2D eigenvalue weighted by Crippen LogP contribution is -2.45. The van der Waals surface area contributed by atoms with Crippen LogP contribution in [-0.4, -0.2) is 40.5 Å². The summed E-state index contributed by atoms with van der Waals surface area (Å²) in [4.78, 5) is 17.2. The van der Waals surface area contributed by atoms with E-state index in [1.54, 1.807) is 13.1 Å². The molecule has 2 rings (SSSR count). The molecule has 0 saturated carbocycles. The molecule has 1 aromatic rings. The van der Waals surface area contributed by atoms with Crippen molar-refractivity contribution in [3.63, 3.8) is 0 Å². The van der Waals surface area contributed by atoms with Gasteiger partial charge in [-0.1, -0.05) is 6.92 Å². The first kappa shape index (κ1) is 13.9. The van der Waals surface area contributed by atoms with Gasteiger partial charge < -0.3 is 10.2 Å². The number of nitrogens with zero attached hydrogens (tertiary/aromatic N) is 3. The minimum atomic E-state index is -0.376. The summed E-state index contributed by atoms with van der Waals surface area (Å²) in [7, 11) is 1.72. The average Bonchev–Trinajstić information content (AvgIpc) is 2.41. The lowest BCUT2D eigenvalue weighted by molar-refractivity contribution is -0.384. The summed E-state index contributed by atoms with van der Waals surface area (Å²) in [6, 6.07) is 3.33. The molecule has 104 valence electrons. The van der Waals surface area contributed by atoms with Gasteiger partial charge in [0.1, 0.15) is 11.6 Å². The van der Waals surface area contributed by atoms with E-state index in [1.165, 1.54) is 6.07 Å². The van der Waals surface area contributed by atoms with Crippen LogP contribution in [0.2, 0.25) is 0 Å². The smallest absolute Gasteiger partial charge is 0.276 e. The molecule has 0 radical (unpaired) electrons. The number of hydrogen-bond acceptors (Lipinski definition) is 6. The van der Waals surface area contributed by atoms with E-state index >= 15 is 0 Å². The Morgan fingerprint density at radius 1 is 1.53 bits per heavy atom. The van der Waals surface area contributed by atoms with Gasteiger partial charge in [0, 0.05) is 30.6 Å². The maximum atomic E-state index is 11.0. The highest BCUT2D eigenvalue weighted by Gasteiger charge is 2.27. The van der Waals surface area contributed by atoms with Gasteiger partial charge >= 0.3 is 0 Å². The lowest BCUT2D eigenvalue weighted by atomic mass is 10.2. The molecule has 1 saturated heterocycles. The molecule has 2 heterocycles. The number of hydrogen-bond donors (Lipinski definition) is 1. The van der Waals surface area contributed by atoms with Crippen molar-refractivity contribution in [3.05, 3.63) is 22.2 Å². The highest BCUT2D eigenvalue weighted by molar-refractivity contribution is 8.00. The van der Waals surface area contributed by atoms with Crippen molar-refractivity contribution in [1.29, 1.82) is 0 Å². The summed E-state index contributed by atoms with van der Waals surface area (Å²) in [5.74, 6) is 2.23. The highest BCUT2D eigenvalue weighted by Crippen LogP contribution is 2.30. The summed E-state index contributed by atoms with van der Waals surface area (Å²) in [5, 5.41) is 14.4. The number of aromatic nitrogens is 1. The second kappa shape index (κ2) is 5.64. The summed E-state index contributed by atoms with van der Waals surface area (Å²) in [6.07, 6.45) is 0. The number of thioether (sulfide) groups is 1. The molecule has 6 nitrogen and oxygen atoms in total. The molecule has 0 amide bonds.